The Labute approximate surface area is 124 Å². The van der Waals surface area contributed by atoms with Crippen molar-refractivity contribution >= 4 is 16.7 Å². The summed E-state index contributed by atoms with van der Waals surface area (Å²) in [6.07, 6.45) is 2.30. The summed E-state index contributed by atoms with van der Waals surface area (Å²) in [4.78, 5) is 4.76. The van der Waals surface area contributed by atoms with Gasteiger partial charge in [-0.05, 0) is 48.6 Å². The molecule has 1 aliphatic carbocycles. The summed E-state index contributed by atoms with van der Waals surface area (Å²) in [6.45, 7) is 2.15. The van der Waals surface area contributed by atoms with Gasteiger partial charge in [-0.3, -0.25) is 0 Å². The predicted octanol–water partition coefficient (Wildman–Crippen LogP) is 4.64. The fraction of sp³-hybridized carbons (Fsp3) is 0.211. The summed E-state index contributed by atoms with van der Waals surface area (Å²) in [7, 11) is 0. The molecule has 4 rings (SSSR count). The van der Waals surface area contributed by atoms with Crippen LogP contribution in [0, 0.1) is 6.92 Å². The van der Waals surface area contributed by atoms with Crippen molar-refractivity contribution in [1.82, 2.24) is 4.98 Å². The van der Waals surface area contributed by atoms with Gasteiger partial charge in [-0.25, -0.2) is 4.98 Å². The number of pyridine rings is 1. The van der Waals surface area contributed by atoms with E-state index in [1.54, 1.807) is 0 Å². The molecule has 1 unspecified atom stereocenters. The lowest BCUT2D eigenvalue weighted by Crippen LogP contribution is -2.08. The van der Waals surface area contributed by atoms with Crippen LogP contribution in [0.5, 0.6) is 0 Å². The number of fused-ring (bicyclic) bond motifs is 2. The van der Waals surface area contributed by atoms with E-state index < -0.39 is 0 Å². The molecule has 2 aromatic carbocycles. The molecule has 1 heterocycles. The van der Waals surface area contributed by atoms with E-state index >= 15 is 0 Å². The van der Waals surface area contributed by atoms with Gasteiger partial charge in [-0.15, -0.1) is 0 Å². The van der Waals surface area contributed by atoms with Crippen molar-refractivity contribution in [3.05, 3.63) is 71.3 Å². The SMILES string of the molecule is Cc1cc(NC2CCc3ccccc32)nc2ccccc12. The number of nitrogens with one attached hydrogen (secondary N) is 1. The molecule has 0 amide bonds. The second-order valence-corrected chi connectivity index (χ2v) is 5.78. The molecule has 0 saturated heterocycles. The Morgan fingerprint density at radius 2 is 1.86 bits per heavy atom. The Kier molecular flexibility index (Phi) is 2.88. The first-order valence-electron chi connectivity index (χ1n) is 7.52. The summed E-state index contributed by atoms with van der Waals surface area (Å²) in [5.74, 6) is 0.980. The molecule has 2 nitrogen and oxygen atoms in total. The molecule has 1 N–H and O–H groups in total. The van der Waals surface area contributed by atoms with Crippen LogP contribution < -0.4 is 5.32 Å². The van der Waals surface area contributed by atoms with Crippen LogP contribution in [0.25, 0.3) is 10.9 Å². The normalized spacial score (nSPS) is 16.9. The maximum absolute atomic E-state index is 4.76. The minimum atomic E-state index is 0.384. The number of nitrogens with zero attached hydrogens (tertiary/aromatic N) is 1. The van der Waals surface area contributed by atoms with Gasteiger partial charge in [-0.1, -0.05) is 42.5 Å². The van der Waals surface area contributed by atoms with Crippen LogP contribution in [0.4, 0.5) is 5.82 Å². The van der Waals surface area contributed by atoms with Gasteiger partial charge in [0.15, 0.2) is 0 Å². The zero-order valence-corrected chi connectivity index (χ0v) is 12.1. The average Bonchev–Trinajstić information content (AvgIpc) is 2.91. The van der Waals surface area contributed by atoms with Crippen molar-refractivity contribution in [3.63, 3.8) is 0 Å². The molecule has 3 aromatic rings. The number of hydrogen-bond donors (Lipinski definition) is 1. The largest absolute Gasteiger partial charge is 0.363 e. The van der Waals surface area contributed by atoms with Crippen LogP contribution in [0.1, 0.15) is 29.2 Å². The molecule has 0 radical (unpaired) electrons. The van der Waals surface area contributed by atoms with Crippen LogP contribution >= 0.6 is 0 Å². The summed E-state index contributed by atoms with van der Waals surface area (Å²) in [5, 5.41) is 4.85. The highest BCUT2D eigenvalue weighted by atomic mass is 15.0. The minimum absolute atomic E-state index is 0.384. The van der Waals surface area contributed by atoms with Crippen LogP contribution in [0.15, 0.2) is 54.6 Å². The lowest BCUT2D eigenvalue weighted by molar-refractivity contribution is 0.758. The third kappa shape index (κ3) is 2.17. The van der Waals surface area contributed by atoms with Crippen molar-refractivity contribution in [2.24, 2.45) is 0 Å². The van der Waals surface area contributed by atoms with Gasteiger partial charge in [0.2, 0.25) is 0 Å². The number of para-hydroxylation sites is 1. The first-order valence-corrected chi connectivity index (χ1v) is 7.52. The van der Waals surface area contributed by atoms with Crippen LogP contribution in [0.2, 0.25) is 0 Å². The molecule has 0 aliphatic heterocycles. The van der Waals surface area contributed by atoms with E-state index in [0.717, 1.165) is 24.2 Å². The second kappa shape index (κ2) is 4.88. The highest BCUT2D eigenvalue weighted by Crippen LogP contribution is 2.33. The highest BCUT2D eigenvalue weighted by Gasteiger charge is 2.22. The minimum Gasteiger partial charge on any atom is -0.363 e. The third-order valence-corrected chi connectivity index (χ3v) is 4.38. The van der Waals surface area contributed by atoms with Crippen molar-refractivity contribution in [1.29, 1.82) is 0 Å². The Morgan fingerprint density at radius 1 is 1.05 bits per heavy atom. The lowest BCUT2D eigenvalue weighted by atomic mass is 10.1. The number of benzene rings is 2. The maximum atomic E-state index is 4.76. The van der Waals surface area contributed by atoms with Gasteiger partial charge < -0.3 is 5.32 Å². The number of anilines is 1. The van der Waals surface area contributed by atoms with Crippen LogP contribution in [-0.2, 0) is 6.42 Å². The van der Waals surface area contributed by atoms with Crippen molar-refractivity contribution in [2.75, 3.05) is 5.32 Å². The van der Waals surface area contributed by atoms with Crippen molar-refractivity contribution in [3.8, 4) is 0 Å². The highest BCUT2D eigenvalue weighted by molar-refractivity contribution is 5.83. The summed E-state index contributed by atoms with van der Waals surface area (Å²) in [6, 6.07) is 19.6. The maximum Gasteiger partial charge on any atom is 0.127 e. The van der Waals surface area contributed by atoms with E-state index in [2.05, 4.69) is 60.8 Å². The quantitative estimate of drug-likeness (QED) is 0.736. The third-order valence-electron chi connectivity index (χ3n) is 4.38. The van der Waals surface area contributed by atoms with E-state index in [-0.39, 0.29) is 0 Å². The molecule has 0 fully saturated rings. The van der Waals surface area contributed by atoms with Gasteiger partial charge >= 0.3 is 0 Å². The van der Waals surface area contributed by atoms with E-state index in [4.69, 9.17) is 4.98 Å². The van der Waals surface area contributed by atoms with E-state index in [0.29, 0.717) is 6.04 Å². The van der Waals surface area contributed by atoms with Gasteiger partial charge in [0, 0.05) is 5.39 Å². The fourth-order valence-corrected chi connectivity index (χ4v) is 3.31. The Balaban J connectivity index is 1.69. The average molecular weight is 274 g/mol. The monoisotopic (exact) mass is 274 g/mol. The molecule has 1 aromatic heterocycles. The van der Waals surface area contributed by atoms with Gasteiger partial charge in [0.1, 0.15) is 5.82 Å². The lowest BCUT2D eigenvalue weighted by Gasteiger charge is -2.16. The second-order valence-electron chi connectivity index (χ2n) is 5.78. The first kappa shape index (κ1) is 12.4. The van der Waals surface area contributed by atoms with E-state index in [9.17, 15) is 0 Å². The number of aryl methyl sites for hydroxylation is 2. The first-order chi connectivity index (χ1) is 10.3. The van der Waals surface area contributed by atoms with Crippen molar-refractivity contribution < 1.29 is 0 Å². The molecule has 21 heavy (non-hydrogen) atoms. The van der Waals surface area contributed by atoms with E-state index in [1.807, 2.05) is 6.07 Å². The van der Waals surface area contributed by atoms with Crippen LogP contribution in [0.3, 0.4) is 0 Å². The predicted molar refractivity (Wildman–Crippen MR) is 87.6 cm³/mol. The topological polar surface area (TPSA) is 24.9 Å². The standard InChI is InChI=1S/C19H18N2/c1-13-12-19(20-17-9-5-4-7-15(13)17)21-18-11-10-14-6-2-3-8-16(14)18/h2-9,12,18H,10-11H2,1H3,(H,20,21). The van der Waals surface area contributed by atoms with Gasteiger partial charge in [0.05, 0.1) is 11.6 Å². The molecule has 0 bridgehead atoms. The summed E-state index contributed by atoms with van der Waals surface area (Å²) < 4.78 is 0. The Bertz CT molecular complexity index is 808. The molecule has 0 saturated carbocycles. The molecule has 2 heteroatoms. The van der Waals surface area contributed by atoms with Crippen LogP contribution in [-0.4, -0.2) is 4.98 Å². The summed E-state index contributed by atoms with van der Waals surface area (Å²) in [5.41, 5.74) is 5.22. The molecular formula is C19H18N2. The molecule has 0 spiro atoms. The van der Waals surface area contributed by atoms with Crippen molar-refractivity contribution in [2.45, 2.75) is 25.8 Å². The summed E-state index contributed by atoms with van der Waals surface area (Å²) >= 11 is 0. The smallest absolute Gasteiger partial charge is 0.127 e. The molecular weight excluding hydrogens is 256 g/mol. The zero-order valence-electron chi connectivity index (χ0n) is 12.1. The number of hydrogen-bond acceptors (Lipinski definition) is 2. The number of rotatable bonds is 2. The van der Waals surface area contributed by atoms with E-state index in [1.165, 1.54) is 22.1 Å². The molecule has 1 aliphatic rings. The fourth-order valence-electron chi connectivity index (χ4n) is 3.31. The number of aromatic nitrogens is 1. The molecule has 1 atom stereocenters. The Morgan fingerprint density at radius 3 is 2.81 bits per heavy atom. The van der Waals surface area contributed by atoms with Gasteiger partial charge in [0.25, 0.3) is 0 Å². The zero-order chi connectivity index (χ0) is 14.2. The molecule has 104 valence electrons. The van der Waals surface area contributed by atoms with Gasteiger partial charge in [-0.2, -0.15) is 0 Å². The Hall–Kier alpha value is -2.35.